The zero-order valence-corrected chi connectivity index (χ0v) is 7.69. The molecular weight excluding hydrogens is 199 g/mol. The minimum absolute atomic E-state index is 0.506. The van der Waals surface area contributed by atoms with Crippen LogP contribution in [-0.2, 0) is 0 Å². The highest BCUT2D eigenvalue weighted by molar-refractivity contribution is 14.2. The Morgan fingerprint density at radius 2 is 1.14 bits per heavy atom. The molecule has 0 rings (SSSR count). The highest BCUT2D eigenvalue weighted by atomic mass is 127. The van der Waals surface area contributed by atoms with Gasteiger partial charge in [-0.25, -0.2) is 0 Å². The molecule has 0 fully saturated rings. The number of rotatable bonds is 2. The molecule has 1 heteroatoms. The van der Waals surface area contributed by atoms with Crippen LogP contribution in [-0.4, -0.2) is 7.85 Å². The molecule has 7 heavy (non-hydrogen) atoms. The van der Waals surface area contributed by atoms with Crippen molar-refractivity contribution in [3.8, 4) is 0 Å². The third kappa shape index (κ3) is 6.73. The van der Waals surface area contributed by atoms with Gasteiger partial charge in [0.25, 0.3) is 0 Å². The van der Waals surface area contributed by atoms with E-state index >= 15 is 0 Å². The van der Waals surface area contributed by atoms with Crippen LogP contribution in [0.1, 0.15) is 27.7 Å². The average molecular weight is 213 g/mol. The molecule has 0 aliphatic rings. The standard InChI is InChI=1S/C6H14I/c1-5(2)7-6(3)4/h5-6H,1-4H3. The van der Waals surface area contributed by atoms with Crippen LogP contribution in [0, 0.1) is 0 Å². The SMILES string of the molecule is CC(C)[I]C(C)C. The minimum Gasteiger partial charge on any atom is -0.146 e. The lowest BCUT2D eigenvalue weighted by molar-refractivity contribution is 1.13. The van der Waals surface area contributed by atoms with E-state index < -0.39 is 0 Å². The molecule has 0 aromatic carbocycles. The molecule has 0 nitrogen and oxygen atoms in total. The van der Waals surface area contributed by atoms with E-state index in [1.807, 2.05) is 0 Å². The molecule has 0 unspecified atom stereocenters. The molecule has 0 aliphatic carbocycles. The molecule has 0 aliphatic heterocycles. The Morgan fingerprint density at radius 1 is 0.857 bits per heavy atom. The molecule has 0 amide bonds. The maximum Gasteiger partial charge on any atom is -0.00293 e. The van der Waals surface area contributed by atoms with Gasteiger partial charge in [-0.3, -0.25) is 0 Å². The van der Waals surface area contributed by atoms with Crippen molar-refractivity contribution < 1.29 is 0 Å². The van der Waals surface area contributed by atoms with E-state index in [4.69, 9.17) is 0 Å². The van der Waals surface area contributed by atoms with Crippen LogP contribution >= 0.6 is 21.2 Å². The normalized spacial score (nSPS) is 11.1. The molecule has 0 saturated carbocycles. The lowest BCUT2D eigenvalue weighted by atomic mass is 10.6. The second-order valence-corrected chi connectivity index (χ2v) is 7.86. The largest absolute Gasteiger partial charge is 0.146 e. The van der Waals surface area contributed by atoms with E-state index in [1.54, 1.807) is 0 Å². The molecule has 0 aromatic rings. The zero-order valence-electron chi connectivity index (χ0n) is 5.53. The molecule has 45 valence electrons. The van der Waals surface area contributed by atoms with Crippen molar-refractivity contribution >= 4 is 21.2 Å². The van der Waals surface area contributed by atoms with Gasteiger partial charge < -0.3 is 0 Å². The summed E-state index contributed by atoms with van der Waals surface area (Å²) in [5, 5.41) is 0. The predicted octanol–water partition coefficient (Wildman–Crippen LogP) is 2.77. The summed E-state index contributed by atoms with van der Waals surface area (Å²) in [6.07, 6.45) is 0. The van der Waals surface area contributed by atoms with Gasteiger partial charge in [-0.2, -0.15) is 0 Å². The van der Waals surface area contributed by atoms with Crippen LogP contribution in [0.2, 0.25) is 0 Å². The molecule has 0 N–H and O–H groups in total. The van der Waals surface area contributed by atoms with Gasteiger partial charge in [-0.05, 0) is 7.85 Å². The van der Waals surface area contributed by atoms with Crippen LogP contribution < -0.4 is 0 Å². The molecule has 0 bridgehead atoms. The van der Waals surface area contributed by atoms with Crippen molar-refractivity contribution in [1.82, 2.24) is 0 Å². The molecule has 0 aromatic heterocycles. The van der Waals surface area contributed by atoms with Gasteiger partial charge in [0, 0.05) is 0 Å². The minimum atomic E-state index is 0.506. The Labute approximate surface area is 56.9 Å². The fraction of sp³-hybridized carbons (Fsp3) is 1.00. The Hall–Kier alpha value is 0.730. The van der Waals surface area contributed by atoms with Crippen molar-refractivity contribution in [2.24, 2.45) is 0 Å². The summed E-state index contributed by atoms with van der Waals surface area (Å²) >= 11 is 0.506. The summed E-state index contributed by atoms with van der Waals surface area (Å²) in [6.45, 7) is 9.25. The van der Waals surface area contributed by atoms with Gasteiger partial charge in [0.05, 0.1) is 0 Å². The number of halogens is 1. The van der Waals surface area contributed by atoms with E-state index in [2.05, 4.69) is 27.7 Å². The summed E-state index contributed by atoms with van der Waals surface area (Å²) in [4.78, 5) is 0. The Balaban J connectivity index is 2.95. The van der Waals surface area contributed by atoms with E-state index in [1.165, 1.54) is 0 Å². The van der Waals surface area contributed by atoms with Crippen molar-refractivity contribution in [1.29, 1.82) is 0 Å². The van der Waals surface area contributed by atoms with Crippen LogP contribution in [0.3, 0.4) is 0 Å². The molecule has 0 heterocycles. The second kappa shape index (κ2) is 3.70. The van der Waals surface area contributed by atoms with Gasteiger partial charge in [-0.15, -0.1) is 21.2 Å². The van der Waals surface area contributed by atoms with Crippen LogP contribution in [0.4, 0.5) is 0 Å². The van der Waals surface area contributed by atoms with E-state index in [0.29, 0.717) is 21.2 Å². The van der Waals surface area contributed by atoms with Crippen molar-refractivity contribution in [3.05, 3.63) is 0 Å². The first kappa shape index (κ1) is 7.73. The highest BCUT2D eigenvalue weighted by Gasteiger charge is 1.95. The Morgan fingerprint density at radius 3 is 1.14 bits per heavy atom. The quantitative estimate of drug-likeness (QED) is 0.488. The third-order valence-corrected chi connectivity index (χ3v) is 3.38. The molecular formula is C6H14I. The lowest BCUT2D eigenvalue weighted by Gasteiger charge is -2.05. The van der Waals surface area contributed by atoms with Crippen molar-refractivity contribution in [2.75, 3.05) is 0 Å². The summed E-state index contributed by atoms with van der Waals surface area (Å²) < 4.78 is 1.97. The first-order chi connectivity index (χ1) is 3.13. The smallest absolute Gasteiger partial charge is 0.00293 e. The molecule has 0 saturated heterocycles. The topological polar surface area (TPSA) is 0 Å². The van der Waals surface area contributed by atoms with E-state index in [9.17, 15) is 0 Å². The van der Waals surface area contributed by atoms with Crippen LogP contribution in [0.15, 0.2) is 0 Å². The zero-order chi connectivity index (χ0) is 5.86. The summed E-state index contributed by atoms with van der Waals surface area (Å²) in [5.41, 5.74) is 0. The maximum atomic E-state index is 2.31. The summed E-state index contributed by atoms with van der Waals surface area (Å²) in [7, 11) is 0. The van der Waals surface area contributed by atoms with Gasteiger partial charge in [0.15, 0.2) is 0 Å². The van der Waals surface area contributed by atoms with Gasteiger partial charge >= 0.3 is 0 Å². The van der Waals surface area contributed by atoms with Gasteiger partial charge in [0.2, 0.25) is 0 Å². The molecule has 0 atom stereocenters. The van der Waals surface area contributed by atoms with Crippen LogP contribution in [0.25, 0.3) is 0 Å². The van der Waals surface area contributed by atoms with E-state index in [0.717, 1.165) is 7.85 Å². The van der Waals surface area contributed by atoms with Crippen LogP contribution in [0.5, 0.6) is 0 Å². The number of hydrogen-bond acceptors (Lipinski definition) is 0. The second-order valence-electron chi connectivity index (χ2n) is 2.15. The first-order valence-electron chi connectivity index (χ1n) is 2.75. The fourth-order valence-corrected chi connectivity index (χ4v) is 3.38. The number of alkyl halides is 2. The maximum absolute atomic E-state index is 2.31. The third-order valence-electron chi connectivity index (χ3n) is 0.504. The predicted molar refractivity (Wildman–Crippen MR) is 44.3 cm³/mol. The molecule has 0 spiro atoms. The van der Waals surface area contributed by atoms with Gasteiger partial charge in [0.1, 0.15) is 0 Å². The monoisotopic (exact) mass is 213 g/mol. The first-order valence-corrected chi connectivity index (χ1v) is 5.24. The molecule has 1 radical (unpaired) electrons. The summed E-state index contributed by atoms with van der Waals surface area (Å²) in [6, 6.07) is 0. The lowest BCUT2D eigenvalue weighted by Crippen LogP contribution is -1.90. The van der Waals surface area contributed by atoms with Gasteiger partial charge in [-0.1, -0.05) is 27.7 Å². The summed E-state index contributed by atoms with van der Waals surface area (Å²) in [5.74, 6) is 0. The van der Waals surface area contributed by atoms with Crippen molar-refractivity contribution in [3.63, 3.8) is 0 Å². The average Bonchev–Trinajstić information content (AvgIpc) is 1.27. The van der Waals surface area contributed by atoms with Crippen molar-refractivity contribution in [2.45, 2.75) is 35.5 Å². The number of hydrogen-bond donors (Lipinski definition) is 0. The fourth-order valence-electron chi connectivity index (χ4n) is 0.504. The Bertz CT molecular complexity index is 33.4. The van der Waals surface area contributed by atoms with E-state index in [-0.39, 0.29) is 0 Å². The highest BCUT2D eigenvalue weighted by Crippen LogP contribution is 2.24. The Kier molecular flexibility index (Phi) is 4.08.